The summed E-state index contributed by atoms with van der Waals surface area (Å²) in [6, 6.07) is 7.00. The molecule has 0 fully saturated rings. The number of aromatic nitrogens is 2. The number of ether oxygens (including phenoxy) is 2. The third-order valence-corrected chi connectivity index (χ3v) is 2.63. The molecule has 0 aliphatic heterocycles. The summed E-state index contributed by atoms with van der Waals surface area (Å²) in [6.07, 6.45) is 0. The van der Waals surface area contributed by atoms with E-state index in [0.29, 0.717) is 28.8 Å². The lowest BCUT2D eigenvalue weighted by atomic mass is 10.2. The van der Waals surface area contributed by atoms with Crippen LogP contribution in [0.3, 0.4) is 0 Å². The van der Waals surface area contributed by atoms with Gasteiger partial charge in [0.1, 0.15) is 0 Å². The van der Waals surface area contributed by atoms with Gasteiger partial charge in [0.05, 0.1) is 18.7 Å². The molecular weight excluding hydrogens is 258 g/mol. The van der Waals surface area contributed by atoms with E-state index in [1.165, 1.54) is 7.11 Å². The van der Waals surface area contributed by atoms with Gasteiger partial charge in [0.15, 0.2) is 18.1 Å². The molecule has 1 aromatic carbocycles. The van der Waals surface area contributed by atoms with Crippen molar-refractivity contribution in [2.24, 2.45) is 0 Å². The fourth-order valence-corrected chi connectivity index (χ4v) is 1.56. The number of rotatable bonds is 5. The van der Waals surface area contributed by atoms with Gasteiger partial charge in [-0.2, -0.15) is 10.2 Å². The monoisotopic (exact) mass is 273 g/mol. The summed E-state index contributed by atoms with van der Waals surface area (Å²) in [5.41, 5.74) is 0.510. The van der Waals surface area contributed by atoms with Crippen LogP contribution in [0.15, 0.2) is 22.7 Å². The molecule has 0 saturated carbocycles. The molecule has 104 valence electrons. The zero-order valence-corrected chi connectivity index (χ0v) is 11.6. The Balaban J connectivity index is 2.08. The molecule has 0 aliphatic rings. The first-order chi connectivity index (χ1) is 9.63. The first kappa shape index (κ1) is 13.9. The molecule has 1 aromatic heterocycles. The normalized spacial score (nSPS) is 10.3. The predicted octanol–water partition coefficient (Wildman–Crippen LogP) is 2.65. The standard InChI is InChI=1S/C14H15N3O3/c1-9(2)14-16-13(17-20-14)8-19-11-5-4-10(7-15)6-12(11)18-3/h4-6,9H,8H2,1-3H3. The number of nitriles is 1. The zero-order chi connectivity index (χ0) is 14.5. The molecule has 0 unspecified atom stereocenters. The minimum absolute atomic E-state index is 0.179. The maximum Gasteiger partial charge on any atom is 0.229 e. The van der Waals surface area contributed by atoms with Gasteiger partial charge in [-0.15, -0.1) is 0 Å². The van der Waals surface area contributed by atoms with E-state index in [1.807, 2.05) is 19.9 Å². The van der Waals surface area contributed by atoms with Gasteiger partial charge in [-0.05, 0) is 12.1 Å². The molecular formula is C14H15N3O3. The molecule has 1 heterocycles. The smallest absolute Gasteiger partial charge is 0.229 e. The average Bonchev–Trinajstić information content (AvgIpc) is 2.94. The second-order valence-corrected chi connectivity index (χ2v) is 4.47. The van der Waals surface area contributed by atoms with Gasteiger partial charge in [0, 0.05) is 12.0 Å². The third kappa shape index (κ3) is 3.06. The second kappa shape index (κ2) is 6.06. The molecule has 20 heavy (non-hydrogen) atoms. The van der Waals surface area contributed by atoms with Crippen LogP contribution in [0.25, 0.3) is 0 Å². The van der Waals surface area contributed by atoms with E-state index in [0.717, 1.165) is 0 Å². The Bertz CT molecular complexity index is 629. The Labute approximate surface area is 116 Å². The maximum atomic E-state index is 8.83. The molecule has 0 saturated heterocycles. The molecule has 0 aliphatic carbocycles. The minimum atomic E-state index is 0.179. The Morgan fingerprint density at radius 2 is 2.15 bits per heavy atom. The summed E-state index contributed by atoms with van der Waals surface area (Å²) in [5.74, 6) is 2.26. The fourth-order valence-electron chi connectivity index (χ4n) is 1.56. The summed E-state index contributed by atoms with van der Waals surface area (Å²) in [6.45, 7) is 4.13. The van der Waals surface area contributed by atoms with Crippen molar-refractivity contribution in [2.45, 2.75) is 26.4 Å². The van der Waals surface area contributed by atoms with Gasteiger partial charge in [0.25, 0.3) is 0 Å². The quantitative estimate of drug-likeness (QED) is 0.833. The van der Waals surface area contributed by atoms with Crippen LogP contribution < -0.4 is 9.47 Å². The molecule has 6 heteroatoms. The Morgan fingerprint density at radius 1 is 1.35 bits per heavy atom. The van der Waals surface area contributed by atoms with Gasteiger partial charge in [-0.25, -0.2) is 0 Å². The highest BCUT2D eigenvalue weighted by Crippen LogP contribution is 2.28. The van der Waals surface area contributed by atoms with E-state index >= 15 is 0 Å². The topological polar surface area (TPSA) is 81.2 Å². The van der Waals surface area contributed by atoms with Crippen LogP contribution in [0.1, 0.15) is 37.0 Å². The van der Waals surface area contributed by atoms with Gasteiger partial charge < -0.3 is 14.0 Å². The minimum Gasteiger partial charge on any atom is -0.493 e. The van der Waals surface area contributed by atoms with Crippen LogP contribution in [-0.2, 0) is 6.61 Å². The van der Waals surface area contributed by atoms with Crippen LogP contribution in [0.4, 0.5) is 0 Å². The van der Waals surface area contributed by atoms with Crippen molar-refractivity contribution in [1.29, 1.82) is 5.26 Å². The van der Waals surface area contributed by atoms with Gasteiger partial charge >= 0.3 is 0 Å². The molecule has 6 nitrogen and oxygen atoms in total. The summed E-state index contributed by atoms with van der Waals surface area (Å²) in [4.78, 5) is 4.22. The summed E-state index contributed by atoms with van der Waals surface area (Å²) < 4.78 is 15.9. The fraction of sp³-hybridized carbons (Fsp3) is 0.357. The lowest BCUT2D eigenvalue weighted by molar-refractivity contribution is 0.268. The molecule has 2 aromatic rings. The SMILES string of the molecule is COc1cc(C#N)ccc1OCc1noc(C(C)C)n1. The van der Waals surface area contributed by atoms with Gasteiger partial charge in [-0.1, -0.05) is 19.0 Å². The summed E-state index contributed by atoms with van der Waals surface area (Å²) in [5, 5.41) is 12.7. The largest absolute Gasteiger partial charge is 0.493 e. The van der Waals surface area contributed by atoms with E-state index < -0.39 is 0 Å². The highest BCUT2D eigenvalue weighted by Gasteiger charge is 2.12. The summed E-state index contributed by atoms with van der Waals surface area (Å²) >= 11 is 0. The van der Waals surface area contributed by atoms with Crippen LogP contribution in [0.5, 0.6) is 11.5 Å². The lowest BCUT2D eigenvalue weighted by Crippen LogP contribution is -2.00. The van der Waals surface area contributed by atoms with Gasteiger partial charge in [0.2, 0.25) is 11.7 Å². The Hall–Kier alpha value is -2.55. The van der Waals surface area contributed by atoms with E-state index in [-0.39, 0.29) is 12.5 Å². The molecule has 2 rings (SSSR count). The molecule has 0 atom stereocenters. The van der Waals surface area contributed by atoms with Crippen molar-refractivity contribution < 1.29 is 14.0 Å². The van der Waals surface area contributed by atoms with Crippen LogP contribution >= 0.6 is 0 Å². The van der Waals surface area contributed by atoms with Crippen molar-refractivity contribution in [2.75, 3.05) is 7.11 Å². The molecule has 0 bridgehead atoms. The van der Waals surface area contributed by atoms with E-state index in [4.69, 9.17) is 19.3 Å². The van der Waals surface area contributed by atoms with Crippen LogP contribution in [0, 0.1) is 11.3 Å². The molecule has 0 radical (unpaired) electrons. The van der Waals surface area contributed by atoms with Crippen molar-refractivity contribution in [3.05, 3.63) is 35.5 Å². The van der Waals surface area contributed by atoms with E-state index in [1.54, 1.807) is 18.2 Å². The maximum absolute atomic E-state index is 8.83. The van der Waals surface area contributed by atoms with E-state index in [9.17, 15) is 0 Å². The zero-order valence-electron chi connectivity index (χ0n) is 11.6. The van der Waals surface area contributed by atoms with Gasteiger partial charge in [-0.3, -0.25) is 0 Å². The van der Waals surface area contributed by atoms with Crippen LogP contribution in [0.2, 0.25) is 0 Å². The van der Waals surface area contributed by atoms with Crippen molar-refractivity contribution in [3.63, 3.8) is 0 Å². The summed E-state index contributed by atoms with van der Waals surface area (Å²) in [7, 11) is 1.52. The Kier molecular flexibility index (Phi) is 4.20. The van der Waals surface area contributed by atoms with E-state index in [2.05, 4.69) is 10.1 Å². The molecule has 0 amide bonds. The third-order valence-electron chi connectivity index (χ3n) is 2.63. The highest BCUT2D eigenvalue weighted by atomic mass is 16.5. The predicted molar refractivity (Wildman–Crippen MR) is 70.4 cm³/mol. The number of methoxy groups -OCH3 is 1. The number of hydrogen-bond donors (Lipinski definition) is 0. The molecule has 0 N–H and O–H groups in total. The van der Waals surface area contributed by atoms with Crippen LogP contribution in [-0.4, -0.2) is 17.3 Å². The Morgan fingerprint density at radius 3 is 2.75 bits per heavy atom. The number of benzene rings is 1. The number of nitrogens with zero attached hydrogens (tertiary/aromatic N) is 3. The number of hydrogen-bond acceptors (Lipinski definition) is 6. The second-order valence-electron chi connectivity index (χ2n) is 4.47. The average molecular weight is 273 g/mol. The molecule has 0 spiro atoms. The highest BCUT2D eigenvalue weighted by molar-refractivity contribution is 5.46. The van der Waals surface area contributed by atoms with Crippen molar-refractivity contribution in [1.82, 2.24) is 10.1 Å². The van der Waals surface area contributed by atoms with Crippen molar-refractivity contribution >= 4 is 0 Å². The first-order valence-electron chi connectivity index (χ1n) is 6.17. The first-order valence-corrected chi connectivity index (χ1v) is 6.17. The lowest BCUT2D eigenvalue weighted by Gasteiger charge is -2.08. The van der Waals surface area contributed by atoms with Crippen molar-refractivity contribution in [3.8, 4) is 17.6 Å².